The van der Waals surface area contributed by atoms with Gasteiger partial charge in [0.05, 0.1) is 0 Å². The van der Waals surface area contributed by atoms with Crippen molar-refractivity contribution in [3.8, 4) is 34.4 Å². The predicted molar refractivity (Wildman–Crippen MR) is 125 cm³/mol. The van der Waals surface area contributed by atoms with Crippen LogP contribution in [0.3, 0.4) is 0 Å². The fourth-order valence-corrected chi connectivity index (χ4v) is 3.47. The largest absolute Gasteiger partial charge is 0.421 e. The molecule has 1 aromatic carbocycles. The number of halogens is 1. The molecule has 0 saturated carbocycles. The van der Waals surface area contributed by atoms with Crippen LogP contribution >= 0.6 is 0 Å². The first-order valence-electron chi connectivity index (χ1n) is 10.2. The molecule has 0 aliphatic rings. The first kappa shape index (κ1) is 22.6. The average molecular weight is 434 g/mol. The van der Waals surface area contributed by atoms with E-state index in [-0.39, 0.29) is 16.8 Å². The Hall–Kier alpha value is -3.04. The van der Waals surface area contributed by atoms with Crippen molar-refractivity contribution >= 4 is 8.07 Å². The molecule has 0 N–H and O–H groups in total. The zero-order valence-electron chi connectivity index (χ0n) is 19.2. The normalized spacial score (nSPS) is 11.6. The molecule has 0 aliphatic heterocycles. The standard InChI is InChI=1S/C25H28FN3OSi/c1-17-14-20(11-13-31(6,7)25(3,4)5)28-16-21(17)19-8-9-22(26)23(15-19)30-24-27-12-10-18(2)29-24/h8-10,12,14-16H,1-7H3. The van der Waals surface area contributed by atoms with Gasteiger partial charge in [0.1, 0.15) is 13.8 Å². The molecule has 0 amide bonds. The second kappa shape index (κ2) is 8.60. The molecule has 31 heavy (non-hydrogen) atoms. The minimum atomic E-state index is -1.71. The minimum Gasteiger partial charge on any atom is -0.421 e. The van der Waals surface area contributed by atoms with E-state index in [2.05, 4.69) is 60.3 Å². The van der Waals surface area contributed by atoms with E-state index in [1.165, 1.54) is 6.07 Å². The lowest BCUT2D eigenvalue weighted by Crippen LogP contribution is -2.35. The van der Waals surface area contributed by atoms with Crippen molar-refractivity contribution in [3.05, 3.63) is 65.5 Å². The van der Waals surface area contributed by atoms with Gasteiger partial charge in [0.25, 0.3) is 0 Å². The fraction of sp³-hybridized carbons (Fsp3) is 0.320. The van der Waals surface area contributed by atoms with Crippen molar-refractivity contribution in [2.24, 2.45) is 0 Å². The quantitative estimate of drug-likeness (QED) is 0.350. The molecule has 3 rings (SSSR count). The van der Waals surface area contributed by atoms with Crippen LogP contribution in [0, 0.1) is 31.1 Å². The summed E-state index contributed by atoms with van der Waals surface area (Å²) in [5.41, 5.74) is 7.70. The Morgan fingerprint density at radius 1 is 1.03 bits per heavy atom. The summed E-state index contributed by atoms with van der Waals surface area (Å²) in [5, 5.41) is 0.195. The van der Waals surface area contributed by atoms with Gasteiger partial charge >= 0.3 is 6.01 Å². The zero-order chi connectivity index (χ0) is 22.8. The highest BCUT2D eigenvalue weighted by Crippen LogP contribution is 2.35. The smallest absolute Gasteiger partial charge is 0.322 e. The number of rotatable bonds is 3. The molecule has 0 atom stereocenters. The van der Waals surface area contributed by atoms with Crippen molar-refractivity contribution < 1.29 is 9.13 Å². The molecule has 0 fully saturated rings. The molecule has 0 saturated heterocycles. The van der Waals surface area contributed by atoms with Gasteiger partial charge in [-0.3, -0.25) is 0 Å². The van der Waals surface area contributed by atoms with E-state index in [0.29, 0.717) is 0 Å². The third-order valence-corrected chi connectivity index (χ3v) is 10.2. The van der Waals surface area contributed by atoms with E-state index in [1.807, 2.05) is 19.9 Å². The maximum absolute atomic E-state index is 14.3. The van der Waals surface area contributed by atoms with Gasteiger partial charge in [0, 0.05) is 23.7 Å². The number of pyridine rings is 1. The van der Waals surface area contributed by atoms with Gasteiger partial charge in [-0.25, -0.2) is 19.3 Å². The van der Waals surface area contributed by atoms with Crippen LogP contribution in [0.5, 0.6) is 11.8 Å². The molecule has 2 heterocycles. The summed E-state index contributed by atoms with van der Waals surface area (Å²) in [6.07, 6.45) is 3.36. The van der Waals surface area contributed by atoms with Gasteiger partial charge in [-0.05, 0) is 54.3 Å². The van der Waals surface area contributed by atoms with Gasteiger partial charge in [-0.2, -0.15) is 0 Å². The first-order valence-corrected chi connectivity index (χ1v) is 13.2. The Morgan fingerprint density at radius 3 is 2.42 bits per heavy atom. The molecule has 4 nitrogen and oxygen atoms in total. The molecular weight excluding hydrogens is 405 g/mol. The number of aryl methyl sites for hydroxylation is 2. The second-order valence-electron chi connectivity index (χ2n) is 9.24. The summed E-state index contributed by atoms with van der Waals surface area (Å²) >= 11 is 0. The number of benzene rings is 1. The van der Waals surface area contributed by atoms with Crippen LogP contribution in [-0.2, 0) is 0 Å². The highest BCUT2D eigenvalue weighted by Gasteiger charge is 2.33. The van der Waals surface area contributed by atoms with E-state index < -0.39 is 13.9 Å². The second-order valence-corrected chi connectivity index (χ2v) is 14.2. The lowest BCUT2D eigenvalue weighted by atomic mass is 10.0. The third-order valence-electron chi connectivity index (χ3n) is 5.71. The number of hydrogen-bond acceptors (Lipinski definition) is 4. The SMILES string of the molecule is Cc1ccnc(Oc2cc(-c3cnc(C#C[Si](C)(C)C(C)(C)C)cc3C)ccc2F)n1. The summed E-state index contributed by atoms with van der Waals surface area (Å²) < 4.78 is 19.9. The third kappa shape index (κ3) is 5.36. The van der Waals surface area contributed by atoms with Crippen LogP contribution in [0.1, 0.15) is 37.7 Å². The van der Waals surface area contributed by atoms with E-state index in [4.69, 9.17) is 4.74 Å². The van der Waals surface area contributed by atoms with E-state index in [9.17, 15) is 4.39 Å². The summed E-state index contributed by atoms with van der Waals surface area (Å²) in [7, 11) is -1.71. The monoisotopic (exact) mass is 433 g/mol. The number of nitrogens with zero attached hydrogens (tertiary/aromatic N) is 3. The summed E-state index contributed by atoms with van der Waals surface area (Å²) in [5.74, 6) is 2.87. The highest BCUT2D eigenvalue weighted by atomic mass is 28.3. The zero-order valence-corrected chi connectivity index (χ0v) is 20.2. The molecule has 160 valence electrons. The van der Waals surface area contributed by atoms with E-state index >= 15 is 0 Å². The number of aromatic nitrogens is 3. The molecular formula is C25H28FN3OSi. The van der Waals surface area contributed by atoms with Crippen LogP contribution in [-0.4, -0.2) is 23.0 Å². The van der Waals surface area contributed by atoms with Crippen molar-refractivity contribution in [3.63, 3.8) is 0 Å². The molecule has 0 unspecified atom stereocenters. The summed E-state index contributed by atoms with van der Waals surface area (Å²) in [6.45, 7) is 15.1. The number of hydrogen-bond donors (Lipinski definition) is 0. The lowest BCUT2D eigenvalue weighted by Gasteiger charge is -2.31. The van der Waals surface area contributed by atoms with Crippen LogP contribution in [0.4, 0.5) is 4.39 Å². The highest BCUT2D eigenvalue weighted by molar-refractivity contribution is 6.87. The lowest BCUT2D eigenvalue weighted by molar-refractivity contribution is 0.410. The van der Waals surface area contributed by atoms with Crippen LogP contribution < -0.4 is 4.74 Å². The Labute approximate surface area is 185 Å². The molecule has 3 aromatic rings. The van der Waals surface area contributed by atoms with Crippen molar-refractivity contribution in [1.82, 2.24) is 15.0 Å². The maximum atomic E-state index is 14.3. The Balaban J connectivity index is 1.90. The van der Waals surface area contributed by atoms with Gasteiger partial charge in [-0.1, -0.05) is 45.9 Å². The maximum Gasteiger partial charge on any atom is 0.322 e. The molecule has 6 heteroatoms. The van der Waals surface area contributed by atoms with Crippen LogP contribution in [0.2, 0.25) is 18.1 Å². The van der Waals surface area contributed by atoms with Gasteiger partial charge < -0.3 is 4.74 Å². The van der Waals surface area contributed by atoms with Crippen LogP contribution in [0.25, 0.3) is 11.1 Å². The number of ether oxygens (including phenoxy) is 1. The summed E-state index contributed by atoms with van der Waals surface area (Å²) in [4.78, 5) is 12.8. The van der Waals surface area contributed by atoms with E-state index in [1.54, 1.807) is 30.6 Å². The minimum absolute atomic E-state index is 0.0734. The molecule has 0 spiro atoms. The van der Waals surface area contributed by atoms with Gasteiger partial charge in [0.15, 0.2) is 11.6 Å². The van der Waals surface area contributed by atoms with Gasteiger partial charge in [0.2, 0.25) is 0 Å². The Morgan fingerprint density at radius 2 is 1.77 bits per heavy atom. The van der Waals surface area contributed by atoms with Crippen molar-refractivity contribution in [2.75, 3.05) is 0 Å². The topological polar surface area (TPSA) is 47.9 Å². The Bertz CT molecular complexity index is 1170. The molecule has 0 radical (unpaired) electrons. The Kier molecular flexibility index (Phi) is 6.28. The fourth-order valence-electron chi connectivity index (χ4n) is 2.66. The first-order chi connectivity index (χ1) is 14.5. The van der Waals surface area contributed by atoms with Crippen molar-refractivity contribution in [1.29, 1.82) is 0 Å². The molecule has 0 aliphatic carbocycles. The molecule has 0 bridgehead atoms. The van der Waals surface area contributed by atoms with Gasteiger partial charge in [-0.15, -0.1) is 5.54 Å². The van der Waals surface area contributed by atoms with Crippen molar-refractivity contribution in [2.45, 2.75) is 52.8 Å². The van der Waals surface area contributed by atoms with E-state index in [0.717, 1.165) is 28.1 Å². The average Bonchev–Trinajstić information content (AvgIpc) is 2.68. The molecule has 2 aromatic heterocycles. The van der Waals surface area contributed by atoms with Crippen LogP contribution in [0.15, 0.2) is 42.7 Å². The summed E-state index contributed by atoms with van der Waals surface area (Å²) in [6, 6.07) is 8.58. The predicted octanol–water partition coefficient (Wildman–Crippen LogP) is 6.49.